The first-order valence-electron chi connectivity index (χ1n) is 8.41. The summed E-state index contributed by atoms with van der Waals surface area (Å²) in [5.41, 5.74) is 3.09. The molecule has 5 nitrogen and oxygen atoms in total. The van der Waals surface area contributed by atoms with Gasteiger partial charge in [0.1, 0.15) is 5.69 Å². The van der Waals surface area contributed by atoms with Gasteiger partial charge in [0.2, 0.25) is 0 Å². The van der Waals surface area contributed by atoms with E-state index in [1.165, 1.54) is 11.1 Å². The number of rotatable bonds is 5. The van der Waals surface area contributed by atoms with Crippen LogP contribution in [-0.2, 0) is 16.7 Å². The van der Waals surface area contributed by atoms with Crippen LogP contribution in [0.15, 0.2) is 36.5 Å². The van der Waals surface area contributed by atoms with Crippen molar-refractivity contribution >= 4 is 5.91 Å². The Morgan fingerprint density at radius 1 is 1.29 bits per heavy atom. The highest BCUT2D eigenvalue weighted by Crippen LogP contribution is 2.34. The van der Waals surface area contributed by atoms with Gasteiger partial charge in [-0.25, -0.2) is 0 Å². The van der Waals surface area contributed by atoms with E-state index in [1.807, 2.05) is 11.1 Å². The molecule has 24 heavy (non-hydrogen) atoms. The fourth-order valence-electron chi connectivity index (χ4n) is 3.27. The molecule has 1 aromatic heterocycles. The van der Waals surface area contributed by atoms with Crippen LogP contribution in [0.5, 0.6) is 0 Å². The van der Waals surface area contributed by atoms with Gasteiger partial charge in [-0.1, -0.05) is 36.8 Å². The van der Waals surface area contributed by atoms with Gasteiger partial charge in [0.15, 0.2) is 0 Å². The maximum atomic E-state index is 12.7. The Morgan fingerprint density at radius 2 is 2.04 bits per heavy atom. The van der Waals surface area contributed by atoms with Crippen molar-refractivity contribution in [2.45, 2.75) is 32.2 Å². The van der Waals surface area contributed by atoms with Gasteiger partial charge in [-0.3, -0.25) is 9.48 Å². The van der Waals surface area contributed by atoms with E-state index in [0.717, 1.165) is 19.5 Å². The maximum Gasteiger partial charge on any atom is 0.274 e. The summed E-state index contributed by atoms with van der Waals surface area (Å²) < 4.78 is 6.80. The van der Waals surface area contributed by atoms with Crippen molar-refractivity contribution in [1.82, 2.24) is 14.7 Å². The Balaban J connectivity index is 1.69. The lowest BCUT2D eigenvalue weighted by Crippen LogP contribution is -2.33. The molecular formula is C19H25N3O2. The maximum absolute atomic E-state index is 12.7. The first-order chi connectivity index (χ1) is 11.5. The van der Waals surface area contributed by atoms with Crippen LogP contribution in [0, 0.1) is 6.92 Å². The monoisotopic (exact) mass is 327 g/mol. The molecule has 1 unspecified atom stereocenters. The minimum absolute atomic E-state index is 0.0157. The van der Waals surface area contributed by atoms with Crippen LogP contribution in [0.25, 0.3) is 0 Å². The van der Waals surface area contributed by atoms with E-state index < -0.39 is 0 Å². The quantitative estimate of drug-likeness (QED) is 0.848. The zero-order valence-corrected chi connectivity index (χ0v) is 14.7. The second-order valence-corrected chi connectivity index (χ2v) is 6.86. The number of aryl methyl sites for hydroxylation is 1. The van der Waals surface area contributed by atoms with E-state index in [-0.39, 0.29) is 11.3 Å². The van der Waals surface area contributed by atoms with Crippen molar-refractivity contribution in [1.29, 1.82) is 0 Å². The van der Waals surface area contributed by atoms with Gasteiger partial charge in [0, 0.05) is 31.8 Å². The predicted molar refractivity (Wildman–Crippen MR) is 93.2 cm³/mol. The van der Waals surface area contributed by atoms with Crippen molar-refractivity contribution in [3.05, 3.63) is 53.3 Å². The summed E-state index contributed by atoms with van der Waals surface area (Å²) in [6.45, 7) is 7.09. The molecule has 1 fully saturated rings. The van der Waals surface area contributed by atoms with Crippen LogP contribution in [0.1, 0.15) is 35.0 Å². The van der Waals surface area contributed by atoms with Crippen LogP contribution < -0.4 is 0 Å². The molecule has 2 heterocycles. The van der Waals surface area contributed by atoms with Crippen LogP contribution in [0.3, 0.4) is 0 Å². The second kappa shape index (κ2) is 6.77. The Labute approximate surface area is 143 Å². The molecule has 1 aliphatic heterocycles. The van der Waals surface area contributed by atoms with Gasteiger partial charge in [-0.05, 0) is 25.0 Å². The molecule has 5 heteroatoms. The molecule has 3 rings (SSSR count). The summed E-state index contributed by atoms with van der Waals surface area (Å²) in [7, 11) is 1.66. The smallest absolute Gasteiger partial charge is 0.274 e. The number of nitrogens with zero attached hydrogens (tertiary/aromatic N) is 3. The number of methoxy groups -OCH3 is 1. The van der Waals surface area contributed by atoms with Gasteiger partial charge < -0.3 is 9.64 Å². The predicted octanol–water partition coefficient (Wildman–Crippen LogP) is 2.64. The zero-order valence-electron chi connectivity index (χ0n) is 14.7. The third kappa shape index (κ3) is 3.36. The van der Waals surface area contributed by atoms with E-state index >= 15 is 0 Å². The van der Waals surface area contributed by atoms with Gasteiger partial charge in [0.05, 0.1) is 13.2 Å². The molecule has 0 bridgehead atoms. The summed E-state index contributed by atoms with van der Waals surface area (Å²) in [5.74, 6) is 0.0157. The van der Waals surface area contributed by atoms with E-state index in [1.54, 1.807) is 17.9 Å². The number of amides is 1. The Bertz CT molecular complexity index is 708. The van der Waals surface area contributed by atoms with E-state index in [9.17, 15) is 4.79 Å². The molecule has 1 saturated heterocycles. The summed E-state index contributed by atoms with van der Waals surface area (Å²) in [4.78, 5) is 14.6. The Kier molecular flexibility index (Phi) is 4.71. The molecule has 1 amide bonds. The molecule has 2 aromatic rings. The van der Waals surface area contributed by atoms with Gasteiger partial charge in [-0.2, -0.15) is 5.10 Å². The molecule has 128 valence electrons. The summed E-state index contributed by atoms with van der Waals surface area (Å²) in [6, 6.07) is 10.4. The Morgan fingerprint density at radius 3 is 2.75 bits per heavy atom. The van der Waals surface area contributed by atoms with Crippen molar-refractivity contribution < 1.29 is 9.53 Å². The second-order valence-electron chi connectivity index (χ2n) is 6.86. The van der Waals surface area contributed by atoms with Crippen LogP contribution in [0.2, 0.25) is 0 Å². The number of benzene rings is 1. The fraction of sp³-hybridized carbons (Fsp3) is 0.474. The van der Waals surface area contributed by atoms with E-state index in [0.29, 0.717) is 18.8 Å². The topological polar surface area (TPSA) is 47.4 Å². The van der Waals surface area contributed by atoms with Gasteiger partial charge >= 0.3 is 0 Å². The highest BCUT2D eigenvalue weighted by molar-refractivity contribution is 5.92. The number of likely N-dealkylation sites (tertiary alicyclic amines) is 1. The number of ether oxygens (including phenoxy) is 1. The standard InChI is InChI=1S/C19H25N3O2/c1-15-4-6-16(7-5-15)19(2)9-11-21(14-19)18(23)17-8-10-22(20-17)12-13-24-3/h4-8,10H,9,11-14H2,1-3H3. The molecule has 1 aromatic carbocycles. The number of carbonyl (C=O) groups is 1. The summed E-state index contributed by atoms with van der Waals surface area (Å²) in [5, 5.41) is 4.37. The van der Waals surface area contributed by atoms with Crippen molar-refractivity contribution in [2.24, 2.45) is 0 Å². The minimum Gasteiger partial charge on any atom is -0.383 e. The first-order valence-corrected chi connectivity index (χ1v) is 8.41. The molecule has 1 atom stereocenters. The minimum atomic E-state index is 0.0157. The highest BCUT2D eigenvalue weighted by atomic mass is 16.5. The zero-order chi connectivity index (χ0) is 17.2. The van der Waals surface area contributed by atoms with Crippen LogP contribution >= 0.6 is 0 Å². The highest BCUT2D eigenvalue weighted by Gasteiger charge is 2.38. The van der Waals surface area contributed by atoms with Crippen molar-refractivity contribution in [3.63, 3.8) is 0 Å². The lowest BCUT2D eigenvalue weighted by Gasteiger charge is -2.25. The van der Waals surface area contributed by atoms with Crippen LogP contribution in [0.4, 0.5) is 0 Å². The SMILES string of the molecule is COCCn1ccc(C(=O)N2CCC(C)(c3ccc(C)cc3)C2)n1. The average molecular weight is 327 g/mol. The third-order valence-corrected chi connectivity index (χ3v) is 4.89. The summed E-state index contributed by atoms with van der Waals surface area (Å²) >= 11 is 0. The molecule has 0 aliphatic carbocycles. The van der Waals surface area contributed by atoms with Gasteiger partial charge in [-0.15, -0.1) is 0 Å². The largest absolute Gasteiger partial charge is 0.383 e. The Hall–Kier alpha value is -2.14. The van der Waals surface area contributed by atoms with E-state index in [2.05, 4.69) is 43.2 Å². The number of carbonyl (C=O) groups excluding carboxylic acids is 1. The lowest BCUT2D eigenvalue weighted by molar-refractivity contribution is 0.0777. The molecular weight excluding hydrogens is 302 g/mol. The summed E-state index contributed by atoms with van der Waals surface area (Å²) in [6.07, 6.45) is 2.81. The van der Waals surface area contributed by atoms with Crippen molar-refractivity contribution in [2.75, 3.05) is 26.8 Å². The lowest BCUT2D eigenvalue weighted by atomic mass is 9.81. The van der Waals surface area contributed by atoms with Crippen LogP contribution in [-0.4, -0.2) is 47.4 Å². The first kappa shape index (κ1) is 16.7. The molecule has 0 saturated carbocycles. The van der Waals surface area contributed by atoms with Crippen molar-refractivity contribution in [3.8, 4) is 0 Å². The fourth-order valence-corrected chi connectivity index (χ4v) is 3.27. The molecule has 1 aliphatic rings. The van der Waals surface area contributed by atoms with E-state index in [4.69, 9.17) is 4.74 Å². The number of hydrogen-bond donors (Lipinski definition) is 0. The normalized spacial score (nSPS) is 20.5. The number of aromatic nitrogens is 2. The number of hydrogen-bond acceptors (Lipinski definition) is 3. The van der Waals surface area contributed by atoms with Gasteiger partial charge in [0.25, 0.3) is 5.91 Å². The third-order valence-electron chi connectivity index (χ3n) is 4.89. The molecule has 0 spiro atoms. The average Bonchev–Trinajstić information content (AvgIpc) is 3.20. The molecule has 0 N–H and O–H groups in total. The molecule has 0 radical (unpaired) electrons.